The number of anilines is 4. The average Bonchev–Trinajstić information content (AvgIpc) is 2.97. The molecule has 5 rings (SSSR count). The second-order valence-corrected chi connectivity index (χ2v) is 13.4. The molecule has 10 nitrogen and oxygen atoms in total. The number of rotatable bonds is 8. The van der Waals surface area contributed by atoms with Crippen molar-refractivity contribution in [3.8, 4) is 0 Å². The first-order chi connectivity index (χ1) is 20.6. The topological polar surface area (TPSA) is 167 Å². The van der Waals surface area contributed by atoms with Gasteiger partial charge < -0.3 is 10.6 Å². The van der Waals surface area contributed by atoms with E-state index in [0.717, 1.165) is 0 Å². The van der Waals surface area contributed by atoms with Crippen LogP contribution in [0.1, 0.15) is 67.9 Å². The summed E-state index contributed by atoms with van der Waals surface area (Å²) >= 11 is 0. The largest absolute Gasteiger partial charge is 0.355 e. The van der Waals surface area contributed by atoms with Crippen molar-refractivity contribution in [2.45, 2.75) is 50.3 Å². The summed E-state index contributed by atoms with van der Waals surface area (Å²) in [6.45, 7) is 7.22. The number of hydrogen-bond acceptors (Lipinski definition) is 8. The Kier molecular flexibility index (Phi) is 7.97. The van der Waals surface area contributed by atoms with E-state index in [4.69, 9.17) is 0 Å². The average molecular weight is 635 g/mol. The third-order valence-electron chi connectivity index (χ3n) is 7.95. The van der Waals surface area contributed by atoms with E-state index in [-0.39, 0.29) is 43.4 Å². The van der Waals surface area contributed by atoms with Gasteiger partial charge in [-0.1, -0.05) is 38.1 Å². The van der Waals surface area contributed by atoms with Crippen molar-refractivity contribution in [3.05, 3.63) is 105 Å². The molecule has 4 aromatic rings. The van der Waals surface area contributed by atoms with Crippen LogP contribution in [-0.4, -0.2) is 37.5 Å². The minimum absolute atomic E-state index is 0.0349. The van der Waals surface area contributed by atoms with E-state index in [1.807, 2.05) is 13.8 Å². The minimum atomic E-state index is -4.54. The molecular formula is C32H30N2O8S2. The SMILES string of the molecule is CCc1cc(S(=O)(=O)O)cc(Nc2ccc(Nc3cc(S(=O)(=O)O)cc(CC)c3C)c3c2C(=O)c2ccccc2C3=O)c1C. The fraction of sp³-hybridized carbons (Fsp3) is 0.188. The second kappa shape index (κ2) is 11.3. The quantitative estimate of drug-likeness (QED) is 0.145. The highest BCUT2D eigenvalue weighted by molar-refractivity contribution is 7.86. The van der Waals surface area contributed by atoms with Gasteiger partial charge in [-0.25, -0.2) is 0 Å². The Bertz CT molecular complexity index is 1950. The van der Waals surface area contributed by atoms with Crippen LogP contribution in [0.2, 0.25) is 0 Å². The summed E-state index contributed by atoms with van der Waals surface area (Å²) in [7, 11) is -9.08. The van der Waals surface area contributed by atoms with Crippen molar-refractivity contribution in [3.63, 3.8) is 0 Å². The molecule has 0 fully saturated rings. The van der Waals surface area contributed by atoms with E-state index in [1.165, 1.54) is 24.3 Å². The maximum absolute atomic E-state index is 14.0. The predicted octanol–water partition coefficient (Wildman–Crippen LogP) is 6.18. The summed E-state index contributed by atoms with van der Waals surface area (Å²) in [6, 6.07) is 14.8. The number of fused-ring (bicyclic) bond motifs is 2. The maximum Gasteiger partial charge on any atom is 0.294 e. The number of ketones is 2. The van der Waals surface area contributed by atoms with E-state index in [9.17, 15) is 35.5 Å². The molecule has 1 aliphatic carbocycles. The third kappa shape index (κ3) is 5.52. The highest BCUT2D eigenvalue weighted by Gasteiger charge is 2.34. The summed E-state index contributed by atoms with van der Waals surface area (Å²) in [6.07, 6.45) is 0.939. The summed E-state index contributed by atoms with van der Waals surface area (Å²) in [4.78, 5) is 27.3. The number of aryl methyl sites for hydroxylation is 2. The summed E-state index contributed by atoms with van der Waals surface area (Å²) in [5, 5.41) is 6.26. The Hall–Kier alpha value is -4.36. The van der Waals surface area contributed by atoms with E-state index in [1.54, 1.807) is 50.2 Å². The fourth-order valence-electron chi connectivity index (χ4n) is 5.50. The standard InChI is InChI=1S/C32H30N2O8S2/c1-5-19-13-21(43(37,38)39)15-27(17(19)3)33-25-11-12-26(30-29(25)31(35)23-9-7-8-10-24(23)32(30)36)34-28-16-22(44(40,41)42)14-20(6-2)18(28)4/h7-16,33-34H,5-6H2,1-4H3,(H,37,38,39)(H,40,41,42). The highest BCUT2D eigenvalue weighted by atomic mass is 32.2. The molecule has 1 aliphatic rings. The van der Waals surface area contributed by atoms with Crippen molar-refractivity contribution < 1.29 is 35.5 Å². The molecule has 0 aliphatic heterocycles. The molecule has 0 amide bonds. The van der Waals surface area contributed by atoms with Crippen molar-refractivity contribution in [2.24, 2.45) is 0 Å². The molecule has 4 aromatic carbocycles. The van der Waals surface area contributed by atoms with Gasteiger partial charge in [0.25, 0.3) is 20.2 Å². The van der Waals surface area contributed by atoms with Gasteiger partial charge in [-0.3, -0.25) is 18.7 Å². The smallest absolute Gasteiger partial charge is 0.294 e. The number of nitrogens with one attached hydrogen (secondary N) is 2. The highest BCUT2D eigenvalue weighted by Crippen LogP contribution is 2.40. The molecular weight excluding hydrogens is 604 g/mol. The lowest BCUT2D eigenvalue weighted by Crippen LogP contribution is -2.23. The Morgan fingerprint density at radius 3 is 1.27 bits per heavy atom. The lowest BCUT2D eigenvalue weighted by Gasteiger charge is -2.25. The Morgan fingerprint density at radius 1 is 0.591 bits per heavy atom. The molecule has 0 spiro atoms. The zero-order valence-electron chi connectivity index (χ0n) is 24.3. The van der Waals surface area contributed by atoms with Gasteiger partial charge in [-0.15, -0.1) is 0 Å². The van der Waals surface area contributed by atoms with Gasteiger partial charge >= 0.3 is 0 Å². The van der Waals surface area contributed by atoms with Crippen molar-refractivity contribution in [1.29, 1.82) is 0 Å². The lowest BCUT2D eigenvalue weighted by molar-refractivity contribution is 0.0980. The van der Waals surface area contributed by atoms with Crippen molar-refractivity contribution in [1.82, 2.24) is 0 Å². The van der Waals surface area contributed by atoms with Crippen LogP contribution in [0.5, 0.6) is 0 Å². The molecule has 4 N–H and O–H groups in total. The fourth-order valence-corrected chi connectivity index (χ4v) is 6.62. The first kappa shape index (κ1) is 31.1. The molecule has 0 saturated heterocycles. The van der Waals surface area contributed by atoms with E-state index in [0.29, 0.717) is 46.5 Å². The molecule has 0 saturated carbocycles. The van der Waals surface area contributed by atoms with Gasteiger partial charge in [0.1, 0.15) is 0 Å². The van der Waals surface area contributed by atoms with Gasteiger partial charge in [0.15, 0.2) is 11.6 Å². The van der Waals surface area contributed by atoms with Gasteiger partial charge in [-0.2, -0.15) is 16.8 Å². The molecule has 0 aromatic heterocycles. The predicted molar refractivity (Wildman–Crippen MR) is 167 cm³/mol. The molecule has 0 radical (unpaired) electrons. The minimum Gasteiger partial charge on any atom is -0.355 e. The van der Waals surface area contributed by atoms with Crippen LogP contribution in [0, 0.1) is 13.8 Å². The Morgan fingerprint density at radius 2 is 0.955 bits per heavy atom. The molecule has 0 unspecified atom stereocenters. The van der Waals surface area contributed by atoms with Crippen LogP contribution in [0.25, 0.3) is 0 Å². The molecule has 228 valence electrons. The second-order valence-electron chi connectivity index (χ2n) is 10.5. The zero-order chi connectivity index (χ0) is 32.1. The number of benzene rings is 4. The van der Waals surface area contributed by atoms with Gasteiger partial charge in [0, 0.05) is 22.5 Å². The van der Waals surface area contributed by atoms with Gasteiger partial charge in [-0.05, 0) is 85.3 Å². The number of carbonyl (C=O) groups is 2. The van der Waals surface area contributed by atoms with Crippen molar-refractivity contribution >= 4 is 54.6 Å². The van der Waals surface area contributed by atoms with Gasteiger partial charge in [0.05, 0.1) is 32.3 Å². The number of carbonyl (C=O) groups excluding carboxylic acids is 2. The summed E-state index contributed by atoms with van der Waals surface area (Å²) in [5.41, 5.74) is 4.26. The summed E-state index contributed by atoms with van der Waals surface area (Å²) in [5.74, 6) is -0.892. The van der Waals surface area contributed by atoms with Crippen molar-refractivity contribution in [2.75, 3.05) is 10.6 Å². The van der Waals surface area contributed by atoms with E-state index < -0.39 is 31.8 Å². The molecule has 0 bridgehead atoms. The zero-order valence-corrected chi connectivity index (χ0v) is 26.0. The maximum atomic E-state index is 14.0. The summed E-state index contributed by atoms with van der Waals surface area (Å²) < 4.78 is 67.6. The molecule has 0 atom stereocenters. The van der Waals surface area contributed by atoms with Gasteiger partial charge in [0.2, 0.25) is 0 Å². The number of hydrogen-bond donors (Lipinski definition) is 4. The Labute approximate surface area is 255 Å². The molecule has 12 heteroatoms. The van der Waals surface area contributed by atoms with Crippen LogP contribution >= 0.6 is 0 Å². The van der Waals surface area contributed by atoms with E-state index >= 15 is 0 Å². The normalized spacial score (nSPS) is 13.0. The third-order valence-corrected chi connectivity index (χ3v) is 9.61. The Balaban J connectivity index is 1.73. The van der Waals surface area contributed by atoms with Crippen LogP contribution in [0.15, 0.2) is 70.5 Å². The molecule has 44 heavy (non-hydrogen) atoms. The monoisotopic (exact) mass is 634 g/mol. The lowest BCUT2D eigenvalue weighted by atomic mass is 9.82. The van der Waals surface area contributed by atoms with Crippen LogP contribution in [-0.2, 0) is 33.1 Å². The van der Waals surface area contributed by atoms with Crippen LogP contribution < -0.4 is 10.6 Å². The van der Waals surface area contributed by atoms with Crippen LogP contribution in [0.3, 0.4) is 0 Å². The molecule has 0 heterocycles. The van der Waals surface area contributed by atoms with E-state index in [2.05, 4.69) is 10.6 Å². The first-order valence-electron chi connectivity index (χ1n) is 13.8. The first-order valence-corrected chi connectivity index (χ1v) is 16.6. The van der Waals surface area contributed by atoms with Crippen LogP contribution in [0.4, 0.5) is 22.7 Å².